The van der Waals surface area contributed by atoms with Gasteiger partial charge >= 0.3 is 0 Å². The first-order valence-corrected chi connectivity index (χ1v) is 9.73. The predicted octanol–water partition coefficient (Wildman–Crippen LogP) is 5.94. The van der Waals surface area contributed by atoms with E-state index in [9.17, 15) is 4.79 Å². The van der Waals surface area contributed by atoms with Crippen LogP contribution in [0, 0.1) is 12.8 Å². The Bertz CT molecular complexity index is 875. The van der Waals surface area contributed by atoms with Crippen molar-refractivity contribution in [3.63, 3.8) is 0 Å². The molecule has 1 aromatic heterocycles. The molecule has 2 rings (SSSR count). The zero-order chi connectivity index (χ0) is 20.3. The summed E-state index contributed by atoms with van der Waals surface area (Å²) in [5, 5.41) is 5.05. The summed E-state index contributed by atoms with van der Waals surface area (Å²) in [6.07, 6.45) is 1.61. The predicted molar refractivity (Wildman–Crippen MR) is 112 cm³/mol. The van der Waals surface area contributed by atoms with E-state index in [0.29, 0.717) is 41.1 Å². The summed E-state index contributed by atoms with van der Waals surface area (Å²) < 4.78 is 7.55. The summed E-state index contributed by atoms with van der Waals surface area (Å²) in [5.41, 5.74) is 5.18. The summed E-state index contributed by atoms with van der Waals surface area (Å²) in [6, 6.07) is 3.58. The second kappa shape index (κ2) is 8.75. The molecule has 2 aromatic rings. The quantitative estimate of drug-likeness (QED) is 0.551. The minimum absolute atomic E-state index is 0.0922. The lowest BCUT2D eigenvalue weighted by Gasteiger charge is -2.15. The first-order valence-electron chi connectivity index (χ1n) is 9.35. The molecule has 27 heavy (non-hydrogen) atoms. The Morgan fingerprint density at radius 3 is 2.44 bits per heavy atom. The van der Waals surface area contributed by atoms with Crippen molar-refractivity contribution in [2.75, 3.05) is 6.61 Å². The molecule has 0 saturated heterocycles. The van der Waals surface area contributed by atoms with Crippen molar-refractivity contribution in [1.29, 1.82) is 0 Å². The molecule has 1 aromatic carbocycles. The van der Waals surface area contributed by atoms with E-state index in [1.165, 1.54) is 5.57 Å². The number of ketones is 1. The first-order chi connectivity index (χ1) is 12.7. The number of hydrogen-bond donors (Lipinski definition) is 0. The number of hydrogen-bond acceptors (Lipinski definition) is 3. The van der Waals surface area contributed by atoms with Crippen molar-refractivity contribution in [2.24, 2.45) is 5.92 Å². The molecule has 0 amide bonds. The van der Waals surface area contributed by atoms with Crippen molar-refractivity contribution < 1.29 is 9.53 Å². The van der Waals surface area contributed by atoms with Crippen LogP contribution >= 0.6 is 11.6 Å². The van der Waals surface area contributed by atoms with E-state index in [-0.39, 0.29) is 5.78 Å². The van der Waals surface area contributed by atoms with Crippen LogP contribution in [-0.2, 0) is 6.54 Å². The number of halogens is 1. The van der Waals surface area contributed by atoms with Gasteiger partial charge in [0, 0.05) is 17.1 Å². The highest BCUT2D eigenvalue weighted by molar-refractivity contribution is 6.32. The van der Waals surface area contributed by atoms with Crippen LogP contribution in [0.5, 0.6) is 5.88 Å². The summed E-state index contributed by atoms with van der Waals surface area (Å²) in [6.45, 7) is 15.4. The Morgan fingerprint density at radius 2 is 1.89 bits per heavy atom. The molecule has 0 aliphatic carbocycles. The van der Waals surface area contributed by atoms with E-state index in [1.807, 2.05) is 34.6 Å². The van der Waals surface area contributed by atoms with Crippen molar-refractivity contribution in [3.05, 3.63) is 51.2 Å². The van der Waals surface area contributed by atoms with Crippen LogP contribution in [0.1, 0.15) is 68.6 Å². The van der Waals surface area contributed by atoms with E-state index in [1.54, 1.807) is 23.0 Å². The van der Waals surface area contributed by atoms with Crippen LogP contribution in [0.3, 0.4) is 0 Å². The molecule has 5 heteroatoms. The monoisotopic (exact) mass is 388 g/mol. The van der Waals surface area contributed by atoms with Gasteiger partial charge in [0.05, 0.1) is 12.8 Å². The fourth-order valence-corrected chi connectivity index (χ4v) is 3.42. The van der Waals surface area contributed by atoms with Crippen molar-refractivity contribution in [3.8, 4) is 5.88 Å². The normalized spacial score (nSPS) is 11.0. The molecule has 0 bridgehead atoms. The van der Waals surface area contributed by atoms with Gasteiger partial charge in [0.2, 0.25) is 5.88 Å². The van der Waals surface area contributed by atoms with Gasteiger partial charge in [0.25, 0.3) is 0 Å². The molecule has 0 aliphatic rings. The number of benzene rings is 1. The van der Waals surface area contributed by atoms with Gasteiger partial charge in [0.15, 0.2) is 5.78 Å². The highest BCUT2D eigenvalue weighted by Gasteiger charge is 2.24. The molecule has 4 nitrogen and oxygen atoms in total. The molecule has 0 fully saturated rings. The summed E-state index contributed by atoms with van der Waals surface area (Å²) >= 11 is 6.45. The Morgan fingerprint density at radius 1 is 1.22 bits per heavy atom. The number of nitrogens with zero attached hydrogens (tertiary/aromatic N) is 2. The standard InChI is InChI=1S/C22H29ClN2O2/c1-8-27-22-18(11-24-25(22)12-13(2)3)21(26)17-9-10-19(23)20(16(17)7)15(6)14(4)5/h9-11,13H,8,12H2,1-7H3. The van der Waals surface area contributed by atoms with E-state index in [4.69, 9.17) is 16.3 Å². The summed E-state index contributed by atoms with van der Waals surface area (Å²) in [4.78, 5) is 13.3. The summed E-state index contributed by atoms with van der Waals surface area (Å²) in [7, 11) is 0. The van der Waals surface area contributed by atoms with Gasteiger partial charge in [-0.15, -0.1) is 0 Å². The van der Waals surface area contributed by atoms with Gasteiger partial charge in [-0.3, -0.25) is 4.79 Å². The van der Waals surface area contributed by atoms with Crippen molar-refractivity contribution in [2.45, 2.75) is 55.0 Å². The average Bonchev–Trinajstić information content (AvgIpc) is 2.96. The number of carbonyl (C=O) groups excluding carboxylic acids is 1. The van der Waals surface area contributed by atoms with E-state index >= 15 is 0 Å². The molecule has 1 heterocycles. The third kappa shape index (κ3) is 4.44. The van der Waals surface area contributed by atoms with Gasteiger partial charge < -0.3 is 4.74 Å². The van der Waals surface area contributed by atoms with E-state index in [0.717, 1.165) is 16.7 Å². The van der Waals surface area contributed by atoms with Crippen molar-refractivity contribution >= 4 is 23.0 Å². The lowest BCUT2D eigenvalue weighted by molar-refractivity contribution is 0.103. The third-order valence-corrected chi connectivity index (χ3v) is 4.95. The van der Waals surface area contributed by atoms with E-state index < -0.39 is 0 Å². The molecule has 0 spiro atoms. The maximum Gasteiger partial charge on any atom is 0.223 e. The number of carbonyl (C=O) groups is 1. The molecule has 0 N–H and O–H groups in total. The zero-order valence-electron chi connectivity index (χ0n) is 17.3. The van der Waals surface area contributed by atoms with Gasteiger partial charge in [-0.1, -0.05) is 31.0 Å². The van der Waals surface area contributed by atoms with Gasteiger partial charge in [-0.2, -0.15) is 5.10 Å². The fraction of sp³-hybridized carbons (Fsp3) is 0.455. The highest BCUT2D eigenvalue weighted by Crippen LogP contribution is 2.33. The number of ether oxygens (including phenoxy) is 1. The Balaban J connectivity index is 2.58. The average molecular weight is 389 g/mol. The Hall–Kier alpha value is -2.07. The largest absolute Gasteiger partial charge is 0.478 e. The van der Waals surface area contributed by atoms with Crippen molar-refractivity contribution in [1.82, 2.24) is 9.78 Å². The molecule has 0 aliphatic heterocycles. The smallest absolute Gasteiger partial charge is 0.223 e. The lowest BCUT2D eigenvalue weighted by atomic mass is 9.92. The summed E-state index contributed by atoms with van der Waals surface area (Å²) in [5.74, 6) is 0.840. The maximum absolute atomic E-state index is 13.3. The molecule has 0 atom stereocenters. The van der Waals surface area contributed by atoms with Crippen LogP contribution < -0.4 is 4.74 Å². The molecule has 0 saturated carbocycles. The maximum atomic E-state index is 13.3. The molecule has 0 unspecified atom stereocenters. The van der Waals surface area contributed by atoms with Crippen LogP contribution in [0.15, 0.2) is 23.9 Å². The molecular weight excluding hydrogens is 360 g/mol. The lowest BCUT2D eigenvalue weighted by Crippen LogP contribution is -2.12. The Kier molecular flexibility index (Phi) is 6.88. The van der Waals surface area contributed by atoms with E-state index in [2.05, 4.69) is 18.9 Å². The minimum Gasteiger partial charge on any atom is -0.478 e. The van der Waals surface area contributed by atoms with Crippen LogP contribution in [0.2, 0.25) is 5.02 Å². The number of aromatic nitrogens is 2. The van der Waals surface area contributed by atoms with Gasteiger partial charge in [0.1, 0.15) is 5.56 Å². The molecule has 0 radical (unpaired) electrons. The fourth-order valence-electron chi connectivity index (χ4n) is 3.07. The van der Waals surface area contributed by atoms with Gasteiger partial charge in [-0.05, 0) is 69.4 Å². The second-order valence-corrected chi connectivity index (χ2v) is 7.83. The Labute approximate surface area is 167 Å². The minimum atomic E-state index is -0.0922. The highest BCUT2D eigenvalue weighted by atomic mass is 35.5. The second-order valence-electron chi connectivity index (χ2n) is 7.42. The van der Waals surface area contributed by atoms with Gasteiger partial charge in [-0.25, -0.2) is 4.68 Å². The third-order valence-electron chi connectivity index (χ3n) is 4.64. The van der Waals surface area contributed by atoms with Crippen LogP contribution in [0.4, 0.5) is 0 Å². The molecule has 146 valence electrons. The van der Waals surface area contributed by atoms with Crippen LogP contribution in [0.25, 0.3) is 5.57 Å². The SMILES string of the molecule is CCOc1c(C(=O)c2ccc(Cl)c(C(C)=C(C)C)c2C)cnn1CC(C)C. The van der Waals surface area contributed by atoms with Crippen LogP contribution in [-0.4, -0.2) is 22.2 Å². The first kappa shape index (κ1) is 21.2. The molecular formula is C22H29ClN2O2. The number of allylic oxidation sites excluding steroid dienone is 2. The topological polar surface area (TPSA) is 44.1 Å². The number of rotatable bonds is 7. The zero-order valence-corrected chi connectivity index (χ0v) is 18.1.